The van der Waals surface area contributed by atoms with Gasteiger partial charge in [0.05, 0.1) is 0 Å². The van der Waals surface area contributed by atoms with Gasteiger partial charge < -0.3 is 15.5 Å². The Morgan fingerprint density at radius 1 is 1.19 bits per heavy atom. The predicted octanol–water partition coefficient (Wildman–Crippen LogP) is 2.01. The van der Waals surface area contributed by atoms with Crippen LogP contribution in [0.1, 0.15) is 39.1 Å². The molecule has 0 aromatic carbocycles. The number of anilines is 2. The highest BCUT2D eigenvalue weighted by Gasteiger charge is 2.23. The van der Waals surface area contributed by atoms with Crippen molar-refractivity contribution in [1.82, 2.24) is 14.9 Å². The molecule has 0 aliphatic carbocycles. The van der Waals surface area contributed by atoms with Crippen LogP contribution in [-0.4, -0.2) is 48.0 Å². The van der Waals surface area contributed by atoms with E-state index in [1.54, 1.807) is 19.0 Å². The van der Waals surface area contributed by atoms with E-state index in [1.165, 1.54) is 0 Å². The molecule has 6 nitrogen and oxygen atoms in total. The Morgan fingerprint density at radius 3 is 2.14 bits per heavy atom. The lowest BCUT2D eigenvalue weighted by Crippen LogP contribution is -2.37. The van der Waals surface area contributed by atoms with Gasteiger partial charge in [0.1, 0.15) is 23.5 Å². The Kier molecular flexibility index (Phi) is 5.15. The summed E-state index contributed by atoms with van der Waals surface area (Å²) in [5, 5.41) is 6.28. The molecule has 0 saturated carbocycles. The topological polar surface area (TPSA) is 70.1 Å². The number of likely N-dealkylation sites (N-methyl/N-ethyl adjacent to an activating group) is 1. The molecule has 1 aromatic heterocycles. The zero-order chi connectivity index (χ0) is 16.4. The van der Waals surface area contributed by atoms with Gasteiger partial charge in [0.15, 0.2) is 0 Å². The summed E-state index contributed by atoms with van der Waals surface area (Å²) in [6.07, 6.45) is 0. The maximum absolute atomic E-state index is 12.0. The lowest BCUT2D eigenvalue weighted by atomic mass is 9.95. The molecule has 1 amide bonds. The number of nitrogens with one attached hydrogen (secondary N) is 2. The second-order valence-corrected chi connectivity index (χ2v) is 6.47. The van der Waals surface area contributed by atoms with Crippen LogP contribution < -0.4 is 10.6 Å². The van der Waals surface area contributed by atoms with E-state index in [1.807, 2.05) is 20.9 Å². The van der Waals surface area contributed by atoms with Crippen molar-refractivity contribution in [2.45, 2.75) is 46.1 Å². The molecule has 118 valence electrons. The fourth-order valence-corrected chi connectivity index (χ4v) is 1.89. The number of nitrogens with zero attached hydrogens (tertiary/aromatic N) is 3. The van der Waals surface area contributed by atoms with Gasteiger partial charge in [0.2, 0.25) is 5.91 Å². The molecule has 0 radical (unpaired) electrons. The van der Waals surface area contributed by atoms with Crippen molar-refractivity contribution in [2.75, 3.05) is 31.8 Å². The number of carbonyl (C=O) groups is 1. The van der Waals surface area contributed by atoms with Crippen LogP contribution in [0.2, 0.25) is 0 Å². The predicted molar refractivity (Wildman–Crippen MR) is 86.8 cm³/mol. The molecule has 0 bridgehead atoms. The minimum absolute atomic E-state index is 0.0105. The van der Waals surface area contributed by atoms with Crippen molar-refractivity contribution in [1.29, 1.82) is 0 Å². The van der Waals surface area contributed by atoms with Crippen LogP contribution in [0, 0.1) is 6.92 Å². The number of hydrogen-bond donors (Lipinski definition) is 2. The van der Waals surface area contributed by atoms with Gasteiger partial charge in [-0.2, -0.15) is 0 Å². The third-order valence-corrected chi connectivity index (χ3v) is 3.22. The smallest absolute Gasteiger partial charge is 0.244 e. The van der Waals surface area contributed by atoms with E-state index in [2.05, 4.69) is 41.4 Å². The van der Waals surface area contributed by atoms with Gasteiger partial charge in [-0.05, 0) is 13.8 Å². The molecular formula is C15H27N5O. The Bertz CT molecular complexity index is 520. The molecule has 0 spiro atoms. The summed E-state index contributed by atoms with van der Waals surface area (Å²) < 4.78 is 0. The number of rotatable bonds is 4. The molecule has 1 aromatic rings. The Morgan fingerprint density at radius 2 is 1.71 bits per heavy atom. The molecule has 1 unspecified atom stereocenters. The van der Waals surface area contributed by atoms with Crippen molar-refractivity contribution in [3.63, 3.8) is 0 Å². The van der Waals surface area contributed by atoms with E-state index in [0.29, 0.717) is 5.82 Å². The van der Waals surface area contributed by atoms with E-state index in [9.17, 15) is 4.79 Å². The molecule has 2 N–H and O–H groups in total. The van der Waals surface area contributed by atoms with Crippen LogP contribution in [0.15, 0.2) is 0 Å². The molecule has 1 heterocycles. The number of hydrogen-bond acceptors (Lipinski definition) is 5. The van der Waals surface area contributed by atoms with Crippen molar-refractivity contribution < 1.29 is 4.79 Å². The van der Waals surface area contributed by atoms with E-state index in [-0.39, 0.29) is 17.4 Å². The van der Waals surface area contributed by atoms with Gasteiger partial charge in [-0.3, -0.25) is 4.79 Å². The number of amides is 1. The number of aromatic nitrogens is 2. The SMILES string of the molecule is CNc1nc(C(C)(C)C)nc(NC(C)C(=O)N(C)C)c1C. The molecular weight excluding hydrogens is 266 g/mol. The first-order chi connectivity index (χ1) is 9.57. The quantitative estimate of drug-likeness (QED) is 0.888. The third kappa shape index (κ3) is 4.06. The van der Waals surface area contributed by atoms with Crippen LogP contribution in [0.25, 0.3) is 0 Å². The van der Waals surface area contributed by atoms with E-state index in [0.717, 1.165) is 17.2 Å². The summed E-state index contributed by atoms with van der Waals surface area (Å²) in [5.41, 5.74) is 0.744. The summed E-state index contributed by atoms with van der Waals surface area (Å²) in [6.45, 7) is 9.97. The molecule has 0 aliphatic rings. The Hall–Kier alpha value is -1.85. The van der Waals surface area contributed by atoms with Gasteiger partial charge in [0, 0.05) is 32.1 Å². The van der Waals surface area contributed by atoms with Gasteiger partial charge in [-0.1, -0.05) is 20.8 Å². The standard InChI is InChI=1S/C15H27N5O/c1-9-11(16-6)18-14(15(3,4)5)19-12(9)17-10(2)13(21)20(7)8/h10H,1-8H3,(H2,16,17,18,19). The summed E-state index contributed by atoms with van der Waals surface area (Å²) in [6, 6.07) is -0.342. The fourth-order valence-electron chi connectivity index (χ4n) is 1.89. The minimum Gasteiger partial charge on any atom is -0.373 e. The molecule has 1 rings (SSSR count). The highest BCUT2D eigenvalue weighted by atomic mass is 16.2. The Balaban J connectivity index is 3.20. The van der Waals surface area contributed by atoms with Crippen molar-refractivity contribution in [3.05, 3.63) is 11.4 Å². The molecule has 0 saturated heterocycles. The van der Waals surface area contributed by atoms with Crippen LogP contribution in [0.5, 0.6) is 0 Å². The highest BCUT2D eigenvalue weighted by Crippen LogP contribution is 2.26. The summed E-state index contributed by atoms with van der Waals surface area (Å²) in [5.74, 6) is 2.23. The van der Waals surface area contributed by atoms with Crippen LogP contribution >= 0.6 is 0 Å². The lowest BCUT2D eigenvalue weighted by Gasteiger charge is -2.23. The molecule has 0 aliphatic heterocycles. The fraction of sp³-hybridized carbons (Fsp3) is 0.667. The maximum atomic E-state index is 12.0. The molecule has 0 fully saturated rings. The van der Waals surface area contributed by atoms with Crippen LogP contribution in [-0.2, 0) is 10.2 Å². The molecule has 21 heavy (non-hydrogen) atoms. The minimum atomic E-state index is -0.342. The number of carbonyl (C=O) groups excluding carboxylic acids is 1. The third-order valence-electron chi connectivity index (χ3n) is 3.22. The first-order valence-electron chi connectivity index (χ1n) is 7.12. The summed E-state index contributed by atoms with van der Waals surface area (Å²) in [4.78, 5) is 22.7. The first kappa shape index (κ1) is 17.2. The summed E-state index contributed by atoms with van der Waals surface area (Å²) >= 11 is 0. The van der Waals surface area contributed by atoms with Crippen molar-refractivity contribution >= 4 is 17.5 Å². The monoisotopic (exact) mass is 293 g/mol. The zero-order valence-electron chi connectivity index (χ0n) is 14.3. The van der Waals surface area contributed by atoms with Crippen LogP contribution in [0.4, 0.5) is 11.6 Å². The lowest BCUT2D eigenvalue weighted by molar-refractivity contribution is -0.129. The molecule has 6 heteroatoms. The molecule has 1 atom stereocenters. The van der Waals surface area contributed by atoms with E-state index >= 15 is 0 Å². The van der Waals surface area contributed by atoms with Gasteiger partial charge in [0.25, 0.3) is 0 Å². The Labute approximate surface area is 127 Å². The van der Waals surface area contributed by atoms with E-state index in [4.69, 9.17) is 0 Å². The first-order valence-corrected chi connectivity index (χ1v) is 7.12. The van der Waals surface area contributed by atoms with Crippen molar-refractivity contribution in [2.24, 2.45) is 0 Å². The highest BCUT2D eigenvalue weighted by molar-refractivity contribution is 5.84. The second kappa shape index (κ2) is 6.28. The van der Waals surface area contributed by atoms with Gasteiger partial charge in [-0.25, -0.2) is 9.97 Å². The maximum Gasteiger partial charge on any atom is 0.244 e. The van der Waals surface area contributed by atoms with Crippen molar-refractivity contribution in [3.8, 4) is 0 Å². The van der Waals surface area contributed by atoms with Gasteiger partial charge in [-0.15, -0.1) is 0 Å². The largest absolute Gasteiger partial charge is 0.373 e. The van der Waals surface area contributed by atoms with Crippen LogP contribution in [0.3, 0.4) is 0 Å². The van der Waals surface area contributed by atoms with Gasteiger partial charge >= 0.3 is 0 Å². The van der Waals surface area contributed by atoms with E-state index < -0.39 is 0 Å². The zero-order valence-corrected chi connectivity index (χ0v) is 14.3. The normalized spacial score (nSPS) is 12.8. The summed E-state index contributed by atoms with van der Waals surface area (Å²) in [7, 11) is 5.32. The average molecular weight is 293 g/mol. The second-order valence-electron chi connectivity index (χ2n) is 6.47. The average Bonchev–Trinajstić information content (AvgIpc) is 2.38.